The zero-order chi connectivity index (χ0) is 27.0. The number of amides is 2. The number of hydrogen-bond acceptors (Lipinski definition) is 6. The molecule has 0 radical (unpaired) electrons. The molecule has 2 aromatic rings. The maximum absolute atomic E-state index is 13.7. The highest BCUT2D eigenvalue weighted by Crippen LogP contribution is 2.31. The lowest BCUT2D eigenvalue weighted by Crippen LogP contribution is -2.52. The van der Waals surface area contributed by atoms with Crippen LogP contribution in [0.4, 0.5) is 5.69 Å². The van der Waals surface area contributed by atoms with Crippen LogP contribution in [0.25, 0.3) is 0 Å². The summed E-state index contributed by atoms with van der Waals surface area (Å²) in [6, 6.07) is 11.3. The van der Waals surface area contributed by atoms with Crippen LogP contribution in [0.2, 0.25) is 0 Å². The van der Waals surface area contributed by atoms with E-state index < -0.39 is 28.5 Å². The van der Waals surface area contributed by atoms with Gasteiger partial charge in [-0.25, -0.2) is 8.42 Å². The van der Waals surface area contributed by atoms with E-state index in [0.29, 0.717) is 11.5 Å². The van der Waals surface area contributed by atoms with Crippen molar-refractivity contribution in [3.8, 4) is 11.5 Å². The average molecular weight is 520 g/mol. The summed E-state index contributed by atoms with van der Waals surface area (Å²) in [7, 11) is -0.859. The largest absolute Gasteiger partial charge is 0.497 e. The van der Waals surface area contributed by atoms with E-state index in [1.54, 1.807) is 56.5 Å². The molecule has 0 aliphatic rings. The first kappa shape index (κ1) is 29.0. The summed E-state index contributed by atoms with van der Waals surface area (Å²) < 4.78 is 37.2. The molecular formula is C26H37N3O6S. The van der Waals surface area contributed by atoms with E-state index in [2.05, 4.69) is 5.32 Å². The van der Waals surface area contributed by atoms with Gasteiger partial charge in [0.25, 0.3) is 0 Å². The minimum atomic E-state index is -3.86. The second-order valence-corrected chi connectivity index (χ2v) is 10.7. The lowest BCUT2D eigenvalue weighted by Gasteiger charge is -2.32. The fourth-order valence-corrected chi connectivity index (χ4v) is 4.41. The highest BCUT2D eigenvalue weighted by atomic mass is 32.2. The zero-order valence-electron chi connectivity index (χ0n) is 22.1. The molecule has 0 fully saturated rings. The third-order valence-corrected chi connectivity index (χ3v) is 7.09. The van der Waals surface area contributed by atoms with E-state index in [9.17, 15) is 18.0 Å². The van der Waals surface area contributed by atoms with Gasteiger partial charge in [0.15, 0.2) is 0 Å². The fourth-order valence-electron chi connectivity index (χ4n) is 3.57. The SMILES string of the molecule is CC[C@@H](C)NC(=O)[C@H](C)N(Cc1ccc(OC)cc1)C(=O)CN(c1cc(C)ccc1OC)S(C)(=O)=O. The van der Waals surface area contributed by atoms with Gasteiger partial charge in [-0.3, -0.25) is 13.9 Å². The van der Waals surface area contributed by atoms with Gasteiger partial charge in [-0.2, -0.15) is 0 Å². The number of carbonyl (C=O) groups is 2. The monoisotopic (exact) mass is 519 g/mol. The highest BCUT2D eigenvalue weighted by molar-refractivity contribution is 7.92. The molecule has 0 heterocycles. The first-order valence-electron chi connectivity index (χ1n) is 11.8. The molecule has 0 aliphatic carbocycles. The Balaban J connectivity index is 2.45. The Kier molecular flexibility index (Phi) is 10.2. The van der Waals surface area contributed by atoms with E-state index in [0.717, 1.165) is 28.1 Å². The maximum Gasteiger partial charge on any atom is 0.244 e. The molecule has 0 saturated heterocycles. The fraction of sp³-hybridized carbons (Fsp3) is 0.462. The van der Waals surface area contributed by atoms with Crippen molar-refractivity contribution in [1.29, 1.82) is 0 Å². The molecule has 0 aromatic heterocycles. The average Bonchev–Trinajstić information content (AvgIpc) is 2.84. The number of carbonyl (C=O) groups excluding carboxylic acids is 2. The van der Waals surface area contributed by atoms with Crippen molar-refractivity contribution in [1.82, 2.24) is 10.2 Å². The van der Waals surface area contributed by atoms with E-state index >= 15 is 0 Å². The second kappa shape index (κ2) is 12.6. The summed E-state index contributed by atoms with van der Waals surface area (Å²) in [5.74, 6) is 0.147. The van der Waals surface area contributed by atoms with Crippen molar-refractivity contribution in [2.24, 2.45) is 0 Å². The Labute approximate surface area is 214 Å². The molecule has 36 heavy (non-hydrogen) atoms. The smallest absolute Gasteiger partial charge is 0.244 e. The van der Waals surface area contributed by atoms with Gasteiger partial charge < -0.3 is 19.7 Å². The minimum Gasteiger partial charge on any atom is -0.497 e. The lowest BCUT2D eigenvalue weighted by molar-refractivity contribution is -0.139. The van der Waals surface area contributed by atoms with Crippen molar-refractivity contribution in [3.05, 3.63) is 53.6 Å². The van der Waals surface area contributed by atoms with Crippen LogP contribution in [0.3, 0.4) is 0 Å². The Morgan fingerprint density at radius 1 is 1.03 bits per heavy atom. The maximum atomic E-state index is 13.7. The van der Waals surface area contributed by atoms with Crippen molar-refractivity contribution < 1.29 is 27.5 Å². The van der Waals surface area contributed by atoms with Crippen molar-refractivity contribution >= 4 is 27.5 Å². The summed E-state index contributed by atoms with van der Waals surface area (Å²) in [6.45, 7) is 6.92. The molecule has 0 saturated carbocycles. The number of methoxy groups -OCH3 is 2. The number of benzene rings is 2. The van der Waals surface area contributed by atoms with Gasteiger partial charge in [-0.15, -0.1) is 0 Å². The van der Waals surface area contributed by atoms with Crippen LogP contribution in [0.1, 0.15) is 38.3 Å². The molecule has 9 nitrogen and oxygen atoms in total. The third-order valence-electron chi connectivity index (χ3n) is 5.96. The molecule has 0 spiro atoms. The molecule has 198 valence electrons. The number of nitrogens with one attached hydrogen (secondary N) is 1. The van der Waals surface area contributed by atoms with E-state index in [1.165, 1.54) is 12.0 Å². The quantitative estimate of drug-likeness (QED) is 0.462. The number of aryl methyl sites for hydroxylation is 1. The van der Waals surface area contributed by atoms with Crippen LogP contribution in [-0.4, -0.2) is 64.2 Å². The van der Waals surface area contributed by atoms with Crippen molar-refractivity contribution in [3.63, 3.8) is 0 Å². The molecule has 0 unspecified atom stereocenters. The van der Waals surface area contributed by atoms with Crippen molar-refractivity contribution in [2.75, 3.05) is 31.3 Å². The van der Waals surface area contributed by atoms with Gasteiger partial charge in [-0.1, -0.05) is 25.1 Å². The Morgan fingerprint density at radius 3 is 2.19 bits per heavy atom. The summed E-state index contributed by atoms with van der Waals surface area (Å²) >= 11 is 0. The van der Waals surface area contributed by atoms with Gasteiger partial charge in [0, 0.05) is 12.6 Å². The standard InChI is InChI=1S/C26H37N3O6S/c1-8-19(3)27-26(31)20(4)28(16-21-10-12-22(34-5)13-11-21)25(30)17-29(36(7,32)33)23-15-18(2)9-14-24(23)35-6/h9-15,19-20H,8,16-17H2,1-7H3,(H,27,31)/t19-,20+/m1/s1. The number of rotatable bonds is 12. The van der Waals surface area contributed by atoms with Gasteiger partial charge in [0.1, 0.15) is 24.1 Å². The number of nitrogens with zero attached hydrogens (tertiary/aromatic N) is 2. The molecule has 0 bridgehead atoms. The number of hydrogen-bond donors (Lipinski definition) is 1. The van der Waals surface area contributed by atoms with Gasteiger partial charge >= 0.3 is 0 Å². The first-order chi connectivity index (χ1) is 16.9. The van der Waals surface area contributed by atoms with Gasteiger partial charge in [0.05, 0.1) is 26.2 Å². The lowest BCUT2D eigenvalue weighted by atomic mass is 10.1. The van der Waals surface area contributed by atoms with Crippen LogP contribution in [0, 0.1) is 6.92 Å². The number of anilines is 1. The van der Waals surface area contributed by atoms with Gasteiger partial charge in [-0.05, 0) is 62.6 Å². The summed E-state index contributed by atoms with van der Waals surface area (Å²) in [6.07, 6.45) is 1.77. The molecule has 0 aliphatic heterocycles. The molecule has 2 amide bonds. The van der Waals surface area contributed by atoms with E-state index in [4.69, 9.17) is 9.47 Å². The highest BCUT2D eigenvalue weighted by Gasteiger charge is 2.31. The topological polar surface area (TPSA) is 105 Å². The zero-order valence-corrected chi connectivity index (χ0v) is 22.9. The molecule has 1 N–H and O–H groups in total. The predicted molar refractivity (Wildman–Crippen MR) is 141 cm³/mol. The van der Waals surface area contributed by atoms with Crippen LogP contribution in [0.15, 0.2) is 42.5 Å². The Morgan fingerprint density at radius 2 is 1.67 bits per heavy atom. The predicted octanol–water partition coefficient (Wildman–Crippen LogP) is 3.11. The minimum absolute atomic E-state index is 0.0676. The molecular weight excluding hydrogens is 482 g/mol. The first-order valence-corrected chi connectivity index (χ1v) is 13.6. The van der Waals surface area contributed by atoms with Crippen LogP contribution in [-0.2, 0) is 26.2 Å². The number of sulfonamides is 1. The Hall–Kier alpha value is -3.27. The molecule has 2 rings (SSSR count). The molecule has 10 heteroatoms. The number of ether oxygens (including phenoxy) is 2. The van der Waals surface area contributed by atoms with Crippen LogP contribution < -0.4 is 19.1 Å². The van der Waals surface area contributed by atoms with E-state index in [1.807, 2.05) is 20.8 Å². The third kappa shape index (κ3) is 7.61. The van der Waals surface area contributed by atoms with E-state index in [-0.39, 0.29) is 24.2 Å². The van der Waals surface area contributed by atoms with Crippen LogP contribution >= 0.6 is 0 Å². The summed E-state index contributed by atoms with van der Waals surface area (Å²) in [5, 5.41) is 2.90. The molecule has 2 aromatic carbocycles. The summed E-state index contributed by atoms with van der Waals surface area (Å²) in [5.41, 5.74) is 1.84. The summed E-state index contributed by atoms with van der Waals surface area (Å²) in [4.78, 5) is 28.0. The van der Waals surface area contributed by atoms with Crippen molar-refractivity contribution in [2.45, 2.75) is 52.7 Å². The second-order valence-electron chi connectivity index (χ2n) is 8.81. The normalized spacial score (nSPS) is 12.9. The molecule has 2 atom stereocenters. The van der Waals surface area contributed by atoms with Crippen LogP contribution in [0.5, 0.6) is 11.5 Å². The Bertz CT molecular complexity index is 1150. The van der Waals surface area contributed by atoms with Gasteiger partial charge in [0.2, 0.25) is 21.8 Å².